The second-order valence-corrected chi connectivity index (χ2v) is 9.52. The van der Waals surface area contributed by atoms with Crippen LogP contribution in [0.5, 0.6) is 0 Å². The number of rotatable bonds is 7. The van der Waals surface area contributed by atoms with Crippen molar-refractivity contribution in [2.24, 2.45) is 5.92 Å². The minimum Gasteiger partial charge on any atom is -0.351 e. The van der Waals surface area contributed by atoms with E-state index in [1.165, 1.54) is 0 Å². The molecule has 0 spiro atoms. The van der Waals surface area contributed by atoms with Gasteiger partial charge >= 0.3 is 0 Å². The van der Waals surface area contributed by atoms with E-state index in [-0.39, 0.29) is 43.6 Å². The van der Waals surface area contributed by atoms with Crippen LogP contribution in [0.3, 0.4) is 0 Å². The highest BCUT2D eigenvalue weighted by atomic mass is 35.5. The average Bonchev–Trinajstić information content (AvgIpc) is 2.65. The monoisotopic (exact) mass is 431 g/mol. The number of benzene rings is 1. The van der Waals surface area contributed by atoms with E-state index in [4.69, 9.17) is 0 Å². The third kappa shape index (κ3) is 5.68. The first-order chi connectivity index (χ1) is 12.7. The van der Waals surface area contributed by atoms with E-state index in [0.29, 0.717) is 18.8 Å². The number of hydrogen-bond acceptors (Lipinski definition) is 5. The van der Waals surface area contributed by atoms with E-state index < -0.39 is 20.5 Å². The maximum atomic E-state index is 12.7. The SMILES string of the molecule is CCC(C)C(=O)Nc1cccc(CNC(=O)C2(S(C)(=O)=O)CCNCC2)c1.Cl. The predicted octanol–water partition coefficient (Wildman–Crippen LogP) is 1.88. The molecule has 1 aliphatic rings. The van der Waals surface area contributed by atoms with E-state index in [1.807, 2.05) is 19.9 Å². The fraction of sp³-hybridized carbons (Fsp3) is 0.579. The van der Waals surface area contributed by atoms with Crippen molar-refractivity contribution in [1.29, 1.82) is 0 Å². The zero-order valence-electron chi connectivity index (χ0n) is 16.6. The molecule has 2 rings (SSSR count). The maximum Gasteiger partial charge on any atom is 0.241 e. The molecule has 1 fully saturated rings. The molecule has 9 heteroatoms. The summed E-state index contributed by atoms with van der Waals surface area (Å²) >= 11 is 0. The number of sulfone groups is 1. The van der Waals surface area contributed by atoms with E-state index in [9.17, 15) is 18.0 Å². The van der Waals surface area contributed by atoms with E-state index in [1.54, 1.807) is 18.2 Å². The first-order valence-electron chi connectivity index (χ1n) is 9.28. The quantitative estimate of drug-likeness (QED) is 0.611. The molecule has 0 saturated carbocycles. The van der Waals surface area contributed by atoms with Crippen molar-refractivity contribution in [3.05, 3.63) is 29.8 Å². The number of piperidine rings is 1. The number of halogens is 1. The van der Waals surface area contributed by atoms with Crippen molar-refractivity contribution in [1.82, 2.24) is 10.6 Å². The van der Waals surface area contributed by atoms with Crippen LogP contribution in [0.1, 0.15) is 38.7 Å². The number of hydrogen-bond donors (Lipinski definition) is 3. The Balaban J connectivity index is 0.00000392. The molecule has 3 N–H and O–H groups in total. The van der Waals surface area contributed by atoms with Crippen molar-refractivity contribution in [3.63, 3.8) is 0 Å². The van der Waals surface area contributed by atoms with Crippen LogP contribution in [0.4, 0.5) is 5.69 Å². The van der Waals surface area contributed by atoms with Crippen LogP contribution >= 0.6 is 12.4 Å². The Kier molecular flexibility index (Phi) is 8.91. The van der Waals surface area contributed by atoms with E-state index in [2.05, 4.69) is 16.0 Å². The second-order valence-electron chi connectivity index (χ2n) is 7.20. The molecule has 0 bridgehead atoms. The molecule has 1 atom stereocenters. The minimum absolute atomic E-state index is 0. The van der Waals surface area contributed by atoms with Crippen molar-refractivity contribution in [3.8, 4) is 0 Å². The standard InChI is InChI=1S/C19H29N3O4S.ClH/c1-4-14(2)17(23)22-16-7-5-6-15(12-16)13-21-18(24)19(27(3,25)26)8-10-20-11-9-19;/h5-7,12,14,20H,4,8-11,13H2,1-3H3,(H,21,24)(H,22,23);1H. The van der Waals surface area contributed by atoms with Gasteiger partial charge < -0.3 is 16.0 Å². The summed E-state index contributed by atoms with van der Waals surface area (Å²) in [6.45, 7) is 5.02. The van der Waals surface area contributed by atoms with Gasteiger partial charge in [0.05, 0.1) is 0 Å². The molecule has 0 radical (unpaired) electrons. The highest BCUT2D eigenvalue weighted by Gasteiger charge is 2.48. The average molecular weight is 432 g/mol. The highest BCUT2D eigenvalue weighted by Crippen LogP contribution is 2.28. The van der Waals surface area contributed by atoms with Crippen molar-refractivity contribution < 1.29 is 18.0 Å². The van der Waals surface area contributed by atoms with Gasteiger partial charge in [-0.3, -0.25) is 9.59 Å². The van der Waals surface area contributed by atoms with Gasteiger partial charge in [0.1, 0.15) is 0 Å². The number of nitrogens with one attached hydrogen (secondary N) is 3. The molecule has 0 aliphatic carbocycles. The van der Waals surface area contributed by atoms with Crippen molar-refractivity contribution in [2.45, 2.75) is 44.4 Å². The Morgan fingerprint density at radius 3 is 2.46 bits per heavy atom. The molecule has 1 aromatic carbocycles. The van der Waals surface area contributed by atoms with Crippen LogP contribution in [0.15, 0.2) is 24.3 Å². The molecule has 1 saturated heterocycles. The van der Waals surface area contributed by atoms with Crippen LogP contribution in [0.2, 0.25) is 0 Å². The third-order valence-electron chi connectivity index (χ3n) is 5.24. The molecule has 1 heterocycles. The largest absolute Gasteiger partial charge is 0.351 e. The Labute approximate surface area is 173 Å². The third-order valence-corrected chi connectivity index (χ3v) is 7.26. The van der Waals surface area contributed by atoms with Gasteiger partial charge in [0.2, 0.25) is 11.8 Å². The van der Waals surface area contributed by atoms with Gasteiger partial charge in [0.25, 0.3) is 0 Å². The smallest absolute Gasteiger partial charge is 0.241 e. The summed E-state index contributed by atoms with van der Waals surface area (Å²) in [6.07, 6.45) is 2.41. The summed E-state index contributed by atoms with van der Waals surface area (Å²) in [5, 5.41) is 8.73. The topological polar surface area (TPSA) is 104 Å². The Morgan fingerprint density at radius 1 is 1.25 bits per heavy atom. The molecular weight excluding hydrogens is 402 g/mol. The van der Waals surface area contributed by atoms with Crippen LogP contribution in [-0.2, 0) is 26.0 Å². The molecular formula is C19H30ClN3O4S. The zero-order valence-corrected chi connectivity index (χ0v) is 18.2. The molecule has 28 heavy (non-hydrogen) atoms. The lowest BCUT2D eigenvalue weighted by Crippen LogP contribution is -2.57. The molecule has 1 unspecified atom stereocenters. The molecule has 158 valence electrons. The lowest BCUT2D eigenvalue weighted by molar-refractivity contribution is -0.124. The molecule has 1 aromatic rings. The van der Waals surface area contributed by atoms with Gasteiger partial charge in [0, 0.05) is 24.4 Å². The van der Waals surface area contributed by atoms with Gasteiger partial charge in [-0.1, -0.05) is 26.0 Å². The predicted molar refractivity (Wildman–Crippen MR) is 113 cm³/mol. The zero-order chi connectivity index (χ0) is 20.1. The Morgan fingerprint density at radius 2 is 1.89 bits per heavy atom. The van der Waals surface area contributed by atoms with Gasteiger partial charge in [-0.2, -0.15) is 0 Å². The van der Waals surface area contributed by atoms with E-state index >= 15 is 0 Å². The summed E-state index contributed by atoms with van der Waals surface area (Å²) in [6, 6.07) is 7.20. The number of carbonyl (C=O) groups excluding carboxylic acids is 2. The Hall–Kier alpha value is -1.64. The number of anilines is 1. The summed E-state index contributed by atoms with van der Waals surface area (Å²) in [5.41, 5.74) is 1.45. The Bertz CT molecular complexity index is 792. The minimum atomic E-state index is -3.54. The summed E-state index contributed by atoms with van der Waals surface area (Å²) in [4.78, 5) is 24.8. The molecule has 2 amide bonds. The van der Waals surface area contributed by atoms with Crippen LogP contribution in [0, 0.1) is 5.92 Å². The van der Waals surface area contributed by atoms with E-state index in [0.717, 1.165) is 18.2 Å². The van der Waals surface area contributed by atoms with Gasteiger partial charge in [-0.15, -0.1) is 12.4 Å². The van der Waals surface area contributed by atoms with Gasteiger partial charge in [-0.25, -0.2) is 8.42 Å². The van der Waals surface area contributed by atoms with Crippen LogP contribution < -0.4 is 16.0 Å². The van der Waals surface area contributed by atoms with Crippen LogP contribution in [0.25, 0.3) is 0 Å². The maximum absolute atomic E-state index is 12.7. The van der Waals surface area contributed by atoms with Crippen molar-refractivity contribution in [2.75, 3.05) is 24.7 Å². The second kappa shape index (κ2) is 10.2. The summed E-state index contributed by atoms with van der Waals surface area (Å²) in [7, 11) is -3.54. The van der Waals surface area contributed by atoms with Crippen molar-refractivity contribution >= 4 is 39.7 Å². The van der Waals surface area contributed by atoms with Gasteiger partial charge in [0.15, 0.2) is 14.6 Å². The fourth-order valence-corrected chi connectivity index (χ4v) is 4.50. The fourth-order valence-electron chi connectivity index (χ4n) is 3.15. The summed E-state index contributed by atoms with van der Waals surface area (Å²) < 4.78 is 23.2. The molecule has 7 nitrogen and oxygen atoms in total. The normalized spacial score (nSPS) is 17.1. The molecule has 1 aliphatic heterocycles. The highest BCUT2D eigenvalue weighted by molar-refractivity contribution is 7.92. The lowest BCUT2D eigenvalue weighted by Gasteiger charge is -2.34. The first-order valence-corrected chi connectivity index (χ1v) is 11.2. The van der Waals surface area contributed by atoms with Crippen LogP contribution in [-0.4, -0.2) is 44.3 Å². The molecule has 0 aromatic heterocycles. The number of carbonyl (C=O) groups is 2. The summed E-state index contributed by atoms with van der Waals surface area (Å²) in [5.74, 6) is -0.590. The first kappa shape index (κ1) is 24.4. The number of amides is 2. The lowest BCUT2D eigenvalue weighted by atomic mass is 9.95. The van der Waals surface area contributed by atoms with Gasteiger partial charge in [-0.05, 0) is 50.0 Å².